The molecular formula is C32H39N3O5S. The number of ether oxygens (including phenoxy) is 1. The first-order valence-corrected chi connectivity index (χ1v) is 15.7. The molecule has 41 heavy (non-hydrogen) atoms. The maximum atomic E-state index is 14.1. The second-order valence-corrected chi connectivity index (χ2v) is 12.1. The van der Waals surface area contributed by atoms with E-state index in [0.29, 0.717) is 12.4 Å². The number of para-hydroxylation sites is 2. The van der Waals surface area contributed by atoms with Gasteiger partial charge in [-0.1, -0.05) is 79.9 Å². The Balaban J connectivity index is 1.69. The predicted molar refractivity (Wildman–Crippen MR) is 160 cm³/mol. The molecular weight excluding hydrogens is 538 g/mol. The van der Waals surface area contributed by atoms with Crippen molar-refractivity contribution in [2.45, 2.75) is 69.5 Å². The van der Waals surface area contributed by atoms with Crippen LogP contribution in [0, 0.1) is 0 Å². The topological polar surface area (TPSA) is 96.0 Å². The first-order valence-electron chi connectivity index (χ1n) is 14.2. The number of carbonyl (C=O) groups excluding carboxylic acids is 2. The summed E-state index contributed by atoms with van der Waals surface area (Å²) in [4.78, 5) is 29.0. The molecule has 0 saturated heterocycles. The number of nitrogens with one attached hydrogen (secondary N) is 1. The Kier molecular flexibility index (Phi) is 10.4. The molecule has 1 aliphatic rings. The molecule has 9 heteroatoms. The van der Waals surface area contributed by atoms with Gasteiger partial charge in [-0.2, -0.15) is 0 Å². The van der Waals surface area contributed by atoms with Crippen LogP contribution < -0.4 is 14.4 Å². The highest BCUT2D eigenvalue weighted by molar-refractivity contribution is 7.92. The molecule has 0 radical (unpaired) electrons. The van der Waals surface area contributed by atoms with E-state index in [1.807, 2.05) is 37.3 Å². The quantitative estimate of drug-likeness (QED) is 0.321. The largest absolute Gasteiger partial charge is 0.492 e. The highest BCUT2D eigenvalue weighted by atomic mass is 32.2. The van der Waals surface area contributed by atoms with Crippen LogP contribution in [0.5, 0.6) is 5.75 Å². The van der Waals surface area contributed by atoms with E-state index in [0.717, 1.165) is 42.0 Å². The number of nitrogens with zero attached hydrogens (tertiary/aromatic N) is 2. The first kappa shape index (κ1) is 30.1. The van der Waals surface area contributed by atoms with Gasteiger partial charge in [0.05, 0.1) is 17.2 Å². The molecule has 0 aromatic heterocycles. The van der Waals surface area contributed by atoms with Crippen molar-refractivity contribution in [2.75, 3.05) is 17.5 Å². The fourth-order valence-corrected chi connectivity index (χ4v) is 6.55. The molecule has 1 fully saturated rings. The summed E-state index contributed by atoms with van der Waals surface area (Å²) >= 11 is 0. The van der Waals surface area contributed by atoms with Crippen LogP contribution in [0.3, 0.4) is 0 Å². The van der Waals surface area contributed by atoms with Crippen molar-refractivity contribution in [3.05, 3.63) is 90.5 Å². The number of rotatable bonds is 12. The van der Waals surface area contributed by atoms with E-state index in [4.69, 9.17) is 4.74 Å². The Morgan fingerprint density at radius 3 is 2.17 bits per heavy atom. The predicted octanol–water partition coefficient (Wildman–Crippen LogP) is 5.15. The van der Waals surface area contributed by atoms with Gasteiger partial charge in [0.1, 0.15) is 18.3 Å². The number of hydrogen-bond donors (Lipinski definition) is 1. The van der Waals surface area contributed by atoms with E-state index in [1.165, 1.54) is 17.0 Å². The highest BCUT2D eigenvalue weighted by Gasteiger charge is 2.34. The molecule has 3 aromatic rings. The number of benzene rings is 3. The van der Waals surface area contributed by atoms with Gasteiger partial charge in [0, 0.05) is 12.6 Å². The monoisotopic (exact) mass is 577 g/mol. The van der Waals surface area contributed by atoms with Gasteiger partial charge < -0.3 is 15.0 Å². The molecule has 1 aliphatic carbocycles. The van der Waals surface area contributed by atoms with Crippen LogP contribution in [0.25, 0.3) is 0 Å². The number of carbonyl (C=O) groups is 2. The lowest BCUT2D eigenvalue weighted by Crippen LogP contribution is -2.53. The van der Waals surface area contributed by atoms with Crippen LogP contribution in [0.2, 0.25) is 0 Å². The minimum atomic E-state index is -4.16. The standard InChI is InChI=1S/C32H39N3O5S/c1-3-40-30-22-14-13-21-29(30)35(41(38,39)28-19-11-6-12-20-28)24-31(36)34(23-26-15-7-4-8-16-26)25(2)32(37)33-27-17-9-5-10-18-27/h4,6-8,11-16,19-22,25,27H,3,5,9-10,17-18,23-24H2,1-2H3,(H,33,37)/t25-/m0/s1. The van der Waals surface area contributed by atoms with Crippen LogP contribution in [0.4, 0.5) is 5.69 Å². The molecule has 3 aromatic carbocycles. The summed E-state index contributed by atoms with van der Waals surface area (Å²) in [5, 5.41) is 3.12. The third kappa shape index (κ3) is 7.67. The number of amides is 2. The molecule has 8 nitrogen and oxygen atoms in total. The van der Waals surface area contributed by atoms with Gasteiger partial charge in [-0.3, -0.25) is 13.9 Å². The summed E-state index contributed by atoms with van der Waals surface area (Å²) < 4.78 is 34.8. The zero-order valence-electron chi connectivity index (χ0n) is 23.7. The van der Waals surface area contributed by atoms with E-state index in [2.05, 4.69) is 5.32 Å². The van der Waals surface area contributed by atoms with E-state index in [-0.39, 0.29) is 29.1 Å². The first-order chi connectivity index (χ1) is 19.8. The summed E-state index contributed by atoms with van der Waals surface area (Å²) in [7, 11) is -4.16. The van der Waals surface area contributed by atoms with E-state index >= 15 is 0 Å². The average molecular weight is 578 g/mol. The summed E-state index contributed by atoms with van der Waals surface area (Å²) in [6, 6.07) is 23.4. The number of anilines is 1. The molecule has 0 spiro atoms. The third-order valence-corrected chi connectivity index (χ3v) is 9.13. The molecule has 1 N–H and O–H groups in total. The molecule has 0 bridgehead atoms. The Morgan fingerprint density at radius 1 is 0.902 bits per heavy atom. The lowest BCUT2D eigenvalue weighted by molar-refractivity contribution is -0.139. The SMILES string of the molecule is CCOc1ccccc1N(CC(=O)N(Cc1ccccc1)[C@@H](C)C(=O)NC1CCCCC1)S(=O)(=O)c1ccccc1. The number of sulfonamides is 1. The lowest BCUT2D eigenvalue weighted by atomic mass is 9.95. The zero-order valence-corrected chi connectivity index (χ0v) is 24.6. The highest BCUT2D eigenvalue weighted by Crippen LogP contribution is 2.33. The molecule has 4 rings (SSSR count). The Hall–Kier alpha value is -3.85. The van der Waals surface area contributed by atoms with E-state index < -0.39 is 28.5 Å². The van der Waals surface area contributed by atoms with Crippen LogP contribution in [-0.4, -0.2) is 50.4 Å². The average Bonchev–Trinajstić information content (AvgIpc) is 3.00. The Labute approximate surface area is 243 Å². The van der Waals surface area contributed by atoms with Gasteiger partial charge in [-0.25, -0.2) is 8.42 Å². The maximum Gasteiger partial charge on any atom is 0.264 e. The van der Waals surface area contributed by atoms with Crippen molar-refractivity contribution in [2.24, 2.45) is 0 Å². The minimum absolute atomic E-state index is 0.0526. The molecule has 0 heterocycles. The summed E-state index contributed by atoms with van der Waals surface area (Å²) in [5.41, 5.74) is 1.09. The van der Waals surface area contributed by atoms with Crippen LogP contribution >= 0.6 is 0 Å². The molecule has 218 valence electrons. The second kappa shape index (κ2) is 14.2. The van der Waals surface area contributed by atoms with Crippen molar-refractivity contribution in [3.63, 3.8) is 0 Å². The van der Waals surface area contributed by atoms with Crippen LogP contribution in [0.1, 0.15) is 51.5 Å². The molecule has 2 amide bonds. The summed E-state index contributed by atoms with van der Waals surface area (Å²) in [6.45, 7) is 3.48. The minimum Gasteiger partial charge on any atom is -0.492 e. The van der Waals surface area contributed by atoms with E-state index in [1.54, 1.807) is 49.4 Å². The summed E-state index contributed by atoms with van der Waals surface area (Å²) in [5.74, 6) is -0.390. The second-order valence-electron chi connectivity index (χ2n) is 10.3. The fraction of sp³-hybridized carbons (Fsp3) is 0.375. The maximum absolute atomic E-state index is 14.1. The zero-order chi connectivity index (χ0) is 29.2. The van der Waals surface area contributed by atoms with Crippen molar-refractivity contribution in [1.29, 1.82) is 0 Å². The molecule has 0 unspecified atom stereocenters. The van der Waals surface area contributed by atoms with Gasteiger partial charge in [0.15, 0.2) is 0 Å². The summed E-state index contributed by atoms with van der Waals surface area (Å²) in [6.07, 6.45) is 5.13. The van der Waals surface area contributed by atoms with E-state index in [9.17, 15) is 18.0 Å². The Morgan fingerprint density at radius 2 is 1.51 bits per heavy atom. The van der Waals surface area contributed by atoms with Crippen LogP contribution in [-0.2, 0) is 26.2 Å². The lowest BCUT2D eigenvalue weighted by Gasteiger charge is -2.33. The van der Waals surface area contributed by atoms with Gasteiger partial charge in [-0.05, 0) is 56.5 Å². The smallest absolute Gasteiger partial charge is 0.264 e. The van der Waals surface area contributed by atoms with Crippen molar-refractivity contribution >= 4 is 27.5 Å². The van der Waals surface area contributed by atoms with Gasteiger partial charge in [-0.15, -0.1) is 0 Å². The van der Waals surface area contributed by atoms with Gasteiger partial charge >= 0.3 is 0 Å². The molecule has 0 aliphatic heterocycles. The third-order valence-electron chi connectivity index (χ3n) is 7.36. The molecule has 1 saturated carbocycles. The molecule has 1 atom stereocenters. The van der Waals surface area contributed by atoms with Crippen molar-refractivity contribution in [1.82, 2.24) is 10.2 Å². The number of hydrogen-bond acceptors (Lipinski definition) is 5. The van der Waals surface area contributed by atoms with Crippen molar-refractivity contribution < 1.29 is 22.7 Å². The fourth-order valence-electron chi connectivity index (χ4n) is 5.11. The van der Waals surface area contributed by atoms with Gasteiger partial charge in [0.25, 0.3) is 10.0 Å². The van der Waals surface area contributed by atoms with Crippen LogP contribution in [0.15, 0.2) is 89.8 Å². The van der Waals surface area contributed by atoms with Crippen molar-refractivity contribution in [3.8, 4) is 5.75 Å². The normalized spacial score (nSPS) is 14.6. The van der Waals surface area contributed by atoms with Gasteiger partial charge in [0.2, 0.25) is 11.8 Å². The Bertz CT molecular complexity index is 1390.